The van der Waals surface area contributed by atoms with Gasteiger partial charge in [0.25, 0.3) is 5.91 Å². The monoisotopic (exact) mass is 234 g/mol. The summed E-state index contributed by atoms with van der Waals surface area (Å²) in [6, 6.07) is 6.10. The largest absolute Gasteiger partial charge is 0.364 e. The second-order valence-electron chi connectivity index (χ2n) is 3.66. The molecule has 4 nitrogen and oxygen atoms in total. The normalized spacial score (nSPS) is 10.2. The molecule has 0 saturated heterocycles. The lowest BCUT2D eigenvalue weighted by atomic mass is 10.1. The summed E-state index contributed by atoms with van der Waals surface area (Å²) in [5.41, 5.74) is 1.39. The lowest BCUT2D eigenvalue weighted by Crippen LogP contribution is -2.24. The molecule has 0 saturated carbocycles. The van der Waals surface area contributed by atoms with Crippen LogP contribution in [0.25, 0.3) is 0 Å². The van der Waals surface area contributed by atoms with Crippen molar-refractivity contribution in [3.05, 3.63) is 53.2 Å². The predicted octanol–water partition coefficient (Wildman–Crippen LogP) is 2.05. The molecule has 0 aliphatic carbocycles. The van der Waals surface area contributed by atoms with Crippen molar-refractivity contribution >= 4 is 5.91 Å². The van der Waals surface area contributed by atoms with Crippen LogP contribution in [0.1, 0.15) is 21.6 Å². The van der Waals surface area contributed by atoms with Crippen molar-refractivity contribution in [2.24, 2.45) is 0 Å². The molecule has 2 rings (SSSR count). The molecule has 0 aliphatic heterocycles. The Labute approximate surface area is 97.4 Å². The van der Waals surface area contributed by atoms with Gasteiger partial charge in [-0.2, -0.15) is 0 Å². The van der Waals surface area contributed by atoms with Crippen LogP contribution < -0.4 is 5.32 Å². The number of amides is 1. The van der Waals surface area contributed by atoms with Crippen molar-refractivity contribution < 1.29 is 13.7 Å². The molecule has 0 spiro atoms. The number of aromatic nitrogens is 1. The Morgan fingerprint density at radius 3 is 2.94 bits per heavy atom. The van der Waals surface area contributed by atoms with E-state index < -0.39 is 11.7 Å². The zero-order valence-electron chi connectivity index (χ0n) is 9.24. The molecule has 2 aromatic rings. The van der Waals surface area contributed by atoms with Gasteiger partial charge < -0.3 is 9.84 Å². The number of halogens is 1. The fraction of sp³-hybridized carbons (Fsp3) is 0.167. The second kappa shape index (κ2) is 4.78. The molecule has 88 valence electrons. The molecule has 1 aromatic carbocycles. The first kappa shape index (κ1) is 11.3. The van der Waals surface area contributed by atoms with Gasteiger partial charge in [0.1, 0.15) is 17.8 Å². The summed E-state index contributed by atoms with van der Waals surface area (Å²) in [5, 5.41) is 6.20. The Morgan fingerprint density at radius 2 is 2.29 bits per heavy atom. The summed E-state index contributed by atoms with van der Waals surface area (Å²) in [5.74, 6) is -0.992. The third-order valence-corrected chi connectivity index (χ3v) is 2.29. The highest BCUT2D eigenvalue weighted by Crippen LogP contribution is 2.09. The molecule has 0 bridgehead atoms. The maximum absolute atomic E-state index is 13.5. The van der Waals surface area contributed by atoms with E-state index in [1.54, 1.807) is 19.1 Å². The van der Waals surface area contributed by atoms with Crippen molar-refractivity contribution in [1.82, 2.24) is 10.5 Å². The van der Waals surface area contributed by atoms with E-state index in [2.05, 4.69) is 15.0 Å². The van der Waals surface area contributed by atoms with Crippen LogP contribution in [-0.2, 0) is 6.54 Å². The Bertz CT molecular complexity index is 523. The highest BCUT2D eigenvalue weighted by atomic mass is 19.1. The van der Waals surface area contributed by atoms with Crippen LogP contribution in [0.15, 0.2) is 35.1 Å². The van der Waals surface area contributed by atoms with E-state index >= 15 is 0 Å². The lowest BCUT2D eigenvalue weighted by Gasteiger charge is -2.04. The summed E-state index contributed by atoms with van der Waals surface area (Å²) in [6.07, 6.45) is 1.41. The second-order valence-corrected chi connectivity index (χ2v) is 3.66. The molecule has 1 amide bonds. The molecule has 0 fully saturated rings. The van der Waals surface area contributed by atoms with Gasteiger partial charge in [-0.1, -0.05) is 11.2 Å². The molecule has 0 aliphatic rings. The van der Waals surface area contributed by atoms with Gasteiger partial charge in [-0.05, 0) is 24.6 Å². The van der Waals surface area contributed by atoms with E-state index in [0.717, 1.165) is 5.56 Å². The van der Waals surface area contributed by atoms with Crippen molar-refractivity contribution in [2.45, 2.75) is 13.5 Å². The standard InChI is InChI=1S/C12H11FN2O2/c1-8-2-3-10(11(13)6-8)12(16)14-7-9-4-5-17-15-9/h2-6H,7H2,1H3,(H,14,16). The first-order chi connectivity index (χ1) is 8.16. The van der Waals surface area contributed by atoms with Crippen LogP contribution in [0.3, 0.4) is 0 Å². The van der Waals surface area contributed by atoms with E-state index in [0.29, 0.717) is 5.69 Å². The number of nitrogens with zero attached hydrogens (tertiary/aromatic N) is 1. The topological polar surface area (TPSA) is 55.1 Å². The molecule has 1 heterocycles. The maximum Gasteiger partial charge on any atom is 0.254 e. The van der Waals surface area contributed by atoms with Gasteiger partial charge in [0.05, 0.1) is 12.1 Å². The lowest BCUT2D eigenvalue weighted by molar-refractivity contribution is 0.0946. The van der Waals surface area contributed by atoms with Gasteiger partial charge in [0.15, 0.2) is 0 Å². The fourth-order valence-electron chi connectivity index (χ4n) is 1.40. The van der Waals surface area contributed by atoms with E-state index in [1.165, 1.54) is 18.4 Å². The minimum atomic E-state index is -0.525. The minimum absolute atomic E-state index is 0.0269. The van der Waals surface area contributed by atoms with E-state index in [9.17, 15) is 9.18 Å². The molecule has 17 heavy (non-hydrogen) atoms. The van der Waals surface area contributed by atoms with Gasteiger partial charge >= 0.3 is 0 Å². The number of hydrogen-bond acceptors (Lipinski definition) is 3. The highest BCUT2D eigenvalue weighted by molar-refractivity contribution is 5.94. The Morgan fingerprint density at radius 1 is 1.47 bits per heavy atom. The zero-order valence-corrected chi connectivity index (χ0v) is 9.24. The molecule has 1 aromatic heterocycles. The van der Waals surface area contributed by atoms with Crippen LogP contribution in [0.5, 0.6) is 0 Å². The van der Waals surface area contributed by atoms with E-state index in [-0.39, 0.29) is 12.1 Å². The first-order valence-electron chi connectivity index (χ1n) is 5.10. The van der Waals surface area contributed by atoms with Crippen LogP contribution >= 0.6 is 0 Å². The van der Waals surface area contributed by atoms with Crippen molar-refractivity contribution in [3.63, 3.8) is 0 Å². The highest BCUT2D eigenvalue weighted by Gasteiger charge is 2.11. The quantitative estimate of drug-likeness (QED) is 0.884. The Balaban J connectivity index is 2.04. The number of hydrogen-bond donors (Lipinski definition) is 1. The average Bonchev–Trinajstić information content (AvgIpc) is 2.78. The first-order valence-corrected chi connectivity index (χ1v) is 5.10. The number of aryl methyl sites for hydroxylation is 1. The molecule has 1 N–H and O–H groups in total. The van der Waals surface area contributed by atoms with Gasteiger partial charge in [0, 0.05) is 6.07 Å². The third kappa shape index (κ3) is 2.69. The molecule has 0 unspecified atom stereocenters. The summed E-state index contributed by atoms with van der Waals surface area (Å²) < 4.78 is 18.1. The van der Waals surface area contributed by atoms with Crippen molar-refractivity contribution in [2.75, 3.05) is 0 Å². The molecule has 0 radical (unpaired) electrons. The summed E-state index contributed by atoms with van der Waals surface area (Å²) in [4.78, 5) is 11.7. The third-order valence-electron chi connectivity index (χ3n) is 2.29. The Kier molecular flexibility index (Phi) is 3.18. The number of benzene rings is 1. The SMILES string of the molecule is Cc1ccc(C(=O)NCc2ccon2)c(F)c1. The van der Waals surface area contributed by atoms with Crippen molar-refractivity contribution in [3.8, 4) is 0 Å². The maximum atomic E-state index is 13.5. The zero-order chi connectivity index (χ0) is 12.3. The van der Waals surface area contributed by atoms with Gasteiger partial charge in [-0.25, -0.2) is 4.39 Å². The van der Waals surface area contributed by atoms with Crippen LogP contribution in [0.4, 0.5) is 4.39 Å². The molecule has 5 heteroatoms. The number of nitrogens with one attached hydrogen (secondary N) is 1. The van der Waals surface area contributed by atoms with Gasteiger partial charge in [-0.3, -0.25) is 4.79 Å². The van der Waals surface area contributed by atoms with Gasteiger partial charge in [0.2, 0.25) is 0 Å². The minimum Gasteiger partial charge on any atom is -0.364 e. The van der Waals surface area contributed by atoms with Crippen molar-refractivity contribution in [1.29, 1.82) is 0 Å². The number of carbonyl (C=O) groups is 1. The summed E-state index contributed by atoms with van der Waals surface area (Å²) in [7, 11) is 0. The molecular weight excluding hydrogens is 223 g/mol. The summed E-state index contributed by atoms with van der Waals surface area (Å²) in [6.45, 7) is 1.98. The van der Waals surface area contributed by atoms with Crippen LogP contribution in [0, 0.1) is 12.7 Å². The fourth-order valence-corrected chi connectivity index (χ4v) is 1.40. The van der Waals surface area contributed by atoms with E-state index in [1.807, 2.05) is 0 Å². The van der Waals surface area contributed by atoms with Crippen LogP contribution in [0.2, 0.25) is 0 Å². The predicted molar refractivity (Wildman–Crippen MR) is 58.8 cm³/mol. The summed E-state index contributed by atoms with van der Waals surface area (Å²) >= 11 is 0. The smallest absolute Gasteiger partial charge is 0.254 e. The average molecular weight is 234 g/mol. The number of carbonyl (C=O) groups excluding carboxylic acids is 1. The van der Waals surface area contributed by atoms with Gasteiger partial charge in [-0.15, -0.1) is 0 Å². The molecular formula is C12H11FN2O2. The molecule has 0 atom stereocenters. The van der Waals surface area contributed by atoms with E-state index in [4.69, 9.17) is 0 Å². The Hall–Kier alpha value is -2.17. The van der Waals surface area contributed by atoms with Crippen LogP contribution in [-0.4, -0.2) is 11.1 Å². The number of rotatable bonds is 3.